The molecule has 1 atom stereocenters. The van der Waals surface area contributed by atoms with Gasteiger partial charge < -0.3 is 0 Å². The molecule has 1 aliphatic carbocycles. The van der Waals surface area contributed by atoms with Crippen molar-refractivity contribution < 1.29 is 0 Å². The number of unbranched alkanes of at least 4 members (excludes halogenated alkanes) is 1. The van der Waals surface area contributed by atoms with Crippen molar-refractivity contribution in [2.24, 2.45) is 11.8 Å². The van der Waals surface area contributed by atoms with Gasteiger partial charge in [0.05, 0.1) is 0 Å². The zero-order chi connectivity index (χ0) is 11.5. The molecule has 1 rings (SSSR count). The lowest BCUT2D eigenvalue weighted by molar-refractivity contribution is 0.385. The van der Waals surface area contributed by atoms with E-state index >= 15 is 0 Å². The lowest BCUT2D eigenvalue weighted by Crippen LogP contribution is -1.99. The molecule has 0 heteroatoms. The molecule has 1 fully saturated rings. The Kier molecular flexibility index (Phi) is 10.5. The highest BCUT2D eigenvalue weighted by Crippen LogP contribution is 2.22. The number of hydrogen-bond acceptors (Lipinski definition) is 0. The highest BCUT2D eigenvalue weighted by molar-refractivity contribution is 4.59. The molecule has 1 unspecified atom stereocenters. The molecule has 0 aromatic carbocycles. The van der Waals surface area contributed by atoms with Crippen LogP contribution in [0.25, 0.3) is 0 Å². The van der Waals surface area contributed by atoms with Gasteiger partial charge in [-0.3, -0.25) is 0 Å². The third kappa shape index (κ3) is 10.3. The summed E-state index contributed by atoms with van der Waals surface area (Å²) in [6, 6.07) is 0. The molecule has 0 heterocycles. The molecule has 0 saturated heterocycles. The number of hydrogen-bond donors (Lipinski definition) is 0. The Hall–Kier alpha value is 0. The average Bonchev–Trinajstić information content (AvgIpc) is 2.28. The minimum Gasteiger partial charge on any atom is -0.0654 e. The van der Waals surface area contributed by atoms with E-state index in [-0.39, 0.29) is 0 Å². The first-order valence-corrected chi connectivity index (χ1v) is 7.20. The van der Waals surface area contributed by atoms with Gasteiger partial charge in [-0.25, -0.2) is 0 Å². The molecule has 0 N–H and O–H groups in total. The van der Waals surface area contributed by atoms with E-state index in [0.717, 1.165) is 11.8 Å². The van der Waals surface area contributed by atoms with Crippen molar-refractivity contribution >= 4 is 0 Å². The summed E-state index contributed by atoms with van der Waals surface area (Å²) in [4.78, 5) is 0. The third-order valence-corrected chi connectivity index (χ3v) is 3.64. The molecule has 0 amide bonds. The Bertz CT molecular complexity index is 111. The molecule has 0 aromatic heterocycles. The van der Waals surface area contributed by atoms with Crippen LogP contribution in [-0.4, -0.2) is 0 Å². The summed E-state index contributed by atoms with van der Waals surface area (Å²) in [5.74, 6) is 1.99. The van der Waals surface area contributed by atoms with E-state index in [1.54, 1.807) is 0 Å². The molecule has 1 saturated carbocycles. The maximum atomic E-state index is 2.36. The van der Waals surface area contributed by atoms with Crippen LogP contribution in [0, 0.1) is 11.8 Å². The number of rotatable bonds is 4. The second kappa shape index (κ2) is 10.5. The first-order chi connectivity index (χ1) is 7.20. The molecule has 1 aliphatic rings. The summed E-state index contributed by atoms with van der Waals surface area (Å²) in [5.41, 5.74) is 0. The second-order valence-corrected chi connectivity index (χ2v) is 5.40. The zero-order valence-electron chi connectivity index (χ0n) is 11.5. The summed E-state index contributed by atoms with van der Waals surface area (Å²) in [6.07, 6.45) is 13.0. The molecule has 92 valence electrons. The molecule has 0 nitrogen and oxygen atoms in total. The van der Waals surface area contributed by atoms with E-state index in [1.807, 2.05) is 0 Å². The van der Waals surface area contributed by atoms with Crippen molar-refractivity contribution in [3.8, 4) is 0 Å². The van der Waals surface area contributed by atoms with Gasteiger partial charge in [-0.2, -0.15) is 0 Å². The Morgan fingerprint density at radius 1 is 1.07 bits per heavy atom. The normalized spacial score (nSPS) is 19.2. The van der Waals surface area contributed by atoms with E-state index in [2.05, 4.69) is 27.7 Å². The summed E-state index contributed by atoms with van der Waals surface area (Å²) < 4.78 is 0. The molecular formula is C15H32. The molecule has 0 radical (unpaired) electrons. The third-order valence-electron chi connectivity index (χ3n) is 3.64. The van der Waals surface area contributed by atoms with Crippen LogP contribution >= 0.6 is 0 Å². The van der Waals surface area contributed by atoms with Gasteiger partial charge >= 0.3 is 0 Å². The highest BCUT2D eigenvalue weighted by Gasteiger charge is 2.05. The fourth-order valence-electron chi connectivity index (χ4n) is 2.06. The predicted molar refractivity (Wildman–Crippen MR) is 71.2 cm³/mol. The van der Waals surface area contributed by atoms with Gasteiger partial charge in [-0.15, -0.1) is 0 Å². The van der Waals surface area contributed by atoms with Gasteiger partial charge in [0.2, 0.25) is 0 Å². The van der Waals surface area contributed by atoms with Crippen molar-refractivity contribution in [3.63, 3.8) is 0 Å². The van der Waals surface area contributed by atoms with Crippen molar-refractivity contribution in [2.45, 2.75) is 85.5 Å². The fourth-order valence-corrected chi connectivity index (χ4v) is 2.06. The second-order valence-electron chi connectivity index (χ2n) is 5.40. The van der Waals surface area contributed by atoms with Crippen LogP contribution in [0.4, 0.5) is 0 Å². The Balaban J connectivity index is 0.000000262. The fraction of sp³-hybridized carbons (Fsp3) is 1.00. The van der Waals surface area contributed by atoms with Crippen LogP contribution in [0.15, 0.2) is 0 Å². The standard InChI is InChI=1S/C8H18.C7H14/c1-4-6-7-8(3)5-2;1-7-5-3-2-4-6-7/h8H,4-7H2,1-3H3;7H,2-6H2,1H3. The summed E-state index contributed by atoms with van der Waals surface area (Å²) in [5, 5.41) is 0. The minimum atomic E-state index is 0.954. The monoisotopic (exact) mass is 212 g/mol. The Morgan fingerprint density at radius 2 is 1.67 bits per heavy atom. The molecule has 15 heavy (non-hydrogen) atoms. The molecule has 0 spiro atoms. The van der Waals surface area contributed by atoms with Crippen molar-refractivity contribution in [3.05, 3.63) is 0 Å². The van der Waals surface area contributed by atoms with Crippen LogP contribution in [-0.2, 0) is 0 Å². The van der Waals surface area contributed by atoms with Gasteiger partial charge in [0.25, 0.3) is 0 Å². The first-order valence-electron chi connectivity index (χ1n) is 7.20. The van der Waals surface area contributed by atoms with Crippen LogP contribution in [0.1, 0.15) is 85.5 Å². The van der Waals surface area contributed by atoms with Gasteiger partial charge in [0.15, 0.2) is 0 Å². The Labute approximate surface area is 97.8 Å². The molecule has 0 bridgehead atoms. The van der Waals surface area contributed by atoms with E-state index in [9.17, 15) is 0 Å². The lowest BCUT2D eigenvalue weighted by Gasteiger charge is -2.15. The largest absolute Gasteiger partial charge is 0.0654 e. The van der Waals surface area contributed by atoms with Gasteiger partial charge in [0.1, 0.15) is 0 Å². The molecular weight excluding hydrogens is 180 g/mol. The Morgan fingerprint density at radius 3 is 2.00 bits per heavy atom. The zero-order valence-corrected chi connectivity index (χ0v) is 11.5. The maximum Gasteiger partial charge on any atom is -0.0443 e. The quantitative estimate of drug-likeness (QED) is 0.551. The first kappa shape index (κ1) is 15.0. The summed E-state index contributed by atoms with van der Waals surface area (Å²) in [7, 11) is 0. The average molecular weight is 212 g/mol. The molecule has 0 aliphatic heterocycles. The molecule has 0 aromatic rings. The lowest BCUT2D eigenvalue weighted by atomic mass is 9.91. The van der Waals surface area contributed by atoms with E-state index in [1.165, 1.54) is 57.8 Å². The van der Waals surface area contributed by atoms with Crippen LogP contribution in [0.2, 0.25) is 0 Å². The maximum absolute atomic E-state index is 2.36. The van der Waals surface area contributed by atoms with Gasteiger partial charge in [-0.05, 0) is 11.8 Å². The van der Waals surface area contributed by atoms with Crippen molar-refractivity contribution in [1.82, 2.24) is 0 Å². The summed E-state index contributed by atoms with van der Waals surface area (Å²) >= 11 is 0. The minimum absolute atomic E-state index is 0.954. The van der Waals surface area contributed by atoms with E-state index in [4.69, 9.17) is 0 Å². The van der Waals surface area contributed by atoms with Crippen LogP contribution in [0.3, 0.4) is 0 Å². The van der Waals surface area contributed by atoms with E-state index in [0.29, 0.717) is 0 Å². The van der Waals surface area contributed by atoms with Crippen LogP contribution in [0.5, 0.6) is 0 Å². The van der Waals surface area contributed by atoms with E-state index < -0.39 is 0 Å². The topological polar surface area (TPSA) is 0 Å². The SMILES string of the molecule is CC1CCCCC1.CCCCC(C)CC. The van der Waals surface area contributed by atoms with Crippen LogP contribution < -0.4 is 0 Å². The van der Waals surface area contributed by atoms with Crippen molar-refractivity contribution in [2.75, 3.05) is 0 Å². The van der Waals surface area contributed by atoms with Gasteiger partial charge in [0, 0.05) is 0 Å². The van der Waals surface area contributed by atoms with Crippen molar-refractivity contribution in [1.29, 1.82) is 0 Å². The summed E-state index contributed by atoms with van der Waals surface area (Å²) in [6.45, 7) is 9.21. The van der Waals surface area contributed by atoms with Gasteiger partial charge in [-0.1, -0.05) is 85.5 Å². The predicted octanol–water partition coefficient (Wildman–Crippen LogP) is 5.81. The highest BCUT2D eigenvalue weighted by atomic mass is 14.1. The smallest absolute Gasteiger partial charge is 0.0443 e.